The minimum Gasteiger partial charge on any atom is -0.478 e. The number of hydrogen-bond acceptors (Lipinski definition) is 5. The number of rotatable bonds is 7. The third kappa shape index (κ3) is 4.92. The number of benzene rings is 1. The zero-order valence-corrected chi connectivity index (χ0v) is 14.2. The molecule has 23 heavy (non-hydrogen) atoms. The van der Waals surface area contributed by atoms with Gasteiger partial charge in [0.2, 0.25) is 0 Å². The highest BCUT2D eigenvalue weighted by molar-refractivity contribution is 6.30. The van der Waals surface area contributed by atoms with Gasteiger partial charge in [0, 0.05) is 5.02 Å². The molecule has 0 saturated carbocycles. The topological polar surface area (TPSA) is 81.9 Å². The zero-order valence-electron chi connectivity index (χ0n) is 13.4. The van der Waals surface area contributed by atoms with Gasteiger partial charge in [0.05, 0.1) is 6.54 Å². The predicted octanol–water partition coefficient (Wildman–Crippen LogP) is 2.92. The average Bonchev–Trinajstić information content (AvgIpc) is 2.95. The van der Waals surface area contributed by atoms with Gasteiger partial charge in [-0.3, -0.25) is 10.1 Å². The normalized spacial score (nSPS) is 11.3. The van der Waals surface area contributed by atoms with E-state index in [4.69, 9.17) is 16.3 Å². The molecule has 0 unspecified atom stereocenters. The number of unbranched alkanes of at least 4 members (excludes halogenated alkanes) is 1. The van der Waals surface area contributed by atoms with Crippen molar-refractivity contribution in [3.05, 3.63) is 29.3 Å². The molecule has 0 radical (unpaired) electrons. The van der Waals surface area contributed by atoms with Crippen LogP contribution in [0.25, 0.3) is 0 Å². The number of nitrogens with one attached hydrogen (secondary N) is 1. The van der Waals surface area contributed by atoms with Crippen LogP contribution in [0.1, 0.15) is 33.6 Å². The Morgan fingerprint density at radius 1 is 1.35 bits per heavy atom. The van der Waals surface area contributed by atoms with Crippen molar-refractivity contribution in [1.82, 2.24) is 20.2 Å². The highest BCUT2D eigenvalue weighted by Crippen LogP contribution is 2.21. The molecule has 7 nitrogen and oxygen atoms in total. The van der Waals surface area contributed by atoms with Gasteiger partial charge in [-0.2, -0.15) is 4.80 Å². The molecule has 8 heteroatoms. The van der Waals surface area contributed by atoms with Crippen molar-refractivity contribution in [3.63, 3.8) is 0 Å². The van der Waals surface area contributed by atoms with Gasteiger partial charge in [0.15, 0.2) is 5.60 Å². The van der Waals surface area contributed by atoms with Crippen molar-refractivity contribution in [2.24, 2.45) is 0 Å². The van der Waals surface area contributed by atoms with Crippen molar-refractivity contribution in [3.8, 4) is 5.75 Å². The maximum absolute atomic E-state index is 12.3. The number of aromatic nitrogens is 4. The van der Waals surface area contributed by atoms with Gasteiger partial charge in [-0.1, -0.05) is 30.0 Å². The lowest BCUT2D eigenvalue weighted by Gasteiger charge is -2.24. The van der Waals surface area contributed by atoms with Gasteiger partial charge in [-0.05, 0) is 49.7 Å². The van der Waals surface area contributed by atoms with Crippen LogP contribution in [0, 0.1) is 0 Å². The lowest BCUT2D eigenvalue weighted by molar-refractivity contribution is -0.128. The summed E-state index contributed by atoms with van der Waals surface area (Å²) in [5.74, 6) is 0.357. The first kappa shape index (κ1) is 17.2. The highest BCUT2D eigenvalue weighted by Gasteiger charge is 2.31. The van der Waals surface area contributed by atoms with E-state index < -0.39 is 5.60 Å². The first-order chi connectivity index (χ1) is 10.9. The molecule has 0 aliphatic heterocycles. The Bertz CT molecular complexity index is 654. The van der Waals surface area contributed by atoms with Crippen molar-refractivity contribution in [2.75, 3.05) is 5.32 Å². The smallest absolute Gasteiger partial charge is 0.270 e. The zero-order chi connectivity index (χ0) is 16.9. The van der Waals surface area contributed by atoms with E-state index in [0.29, 0.717) is 17.3 Å². The van der Waals surface area contributed by atoms with Gasteiger partial charge < -0.3 is 4.74 Å². The monoisotopic (exact) mass is 337 g/mol. The van der Waals surface area contributed by atoms with Gasteiger partial charge in [-0.25, -0.2) is 0 Å². The molecule has 2 rings (SSSR count). The number of tetrazole rings is 1. The number of halogens is 1. The fourth-order valence-corrected chi connectivity index (χ4v) is 1.91. The number of hydrogen-bond donors (Lipinski definition) is 1. The van der Waals surface area contributed by atoms with E-state index in [2.05, 4.69) is 27.7 Å². The first-order valence-corrected chi connectivity index (χ1v) is 7.82. The molecule has 1 N–H and O–H groups in total. The van der Waals surface area contributed by atoms with Crippen LogP contribution in [0.15, 0.2) is 24.3 Å². The number of aryl methyl sites for hydroxylation is 1. The molecule has 0 aliphatic rings. The fraction of sp³-hybridized carbons (Fsp3) is 0.467. The molecule has 0 aliphatic carbocycles. The molecular formula is C15H20ClN5O2. The van der Waals surface area contributed by atoms with Gasteiger partial charge in [0.25, 0.3) is 11.9 Å². The van der Waals surface area contributed by atoms with Crippen LogP contribution in [0.2, 0.25) is 5.02 Å². The molecule has 0 saturated heterocycles. The van der Waals surface area contributed by atoms with Gasteiger partial charge >= 0.3 is 0 Å². The molecule has 0 bridgehead atoms. The Hall–Kier alpha value is -2.15. The molecule has 1 aromatic heterocycles. The maximum atomic E-state index is 12.3. The quantitative estimate of drug-likeness (QED) is 0.840. The average molecular weight is 338 g/mol. The molecule has 1 heterocycles. The standard InChI is InChI=1S/C15H20ClN5O2/c1-4-5-10-21-19-14(18-20-21)17-13(22)15(2,3)23-12-8-6-11(16)7-9-12/h6-9H,4-5,10H2,1-3H3,(H,17,19,22). The van der Waals surface area contributed by atoms with E-state index in [-0.39, 0.29) is 11.9 Å². The van der Waals surface area contributed by atoms with Crippen molar-refractivity contribution in [2.45, 2.75) is 45.8 Å². The summed E-state index contributed by atoms with van der Waals surface area (Å²) in [4.78, 5) is 13.8. The molecule has 124 valence electrons. The van der Waals surface area contributed by atoms with Crippen LogP contribution in [-0.2, 0) is 11.3 Å². The Morgan fingerprint density at radius 3 is 2.70 bits per heavy atom. The summed E-state index contributed by atoms with van der Waals surface area (Å²) in [7, 11) is 0. The van der Waals surface area contributed by atoms with Gasteiger partial charge in [-0.15, -0.1) is 5.10 Å². The van der Waals surface area contributed by atoms with E-state index in [9.17, 15) is 4.79 Å². The summed E-state index contributed by atoms with van der Waals surface area (Å²) in [5.41, 5.74) is -1.09. The number of carbonyl (C=O) groups excluding carboxylic acids is 1. The van der Waals surface area contributed by atoms with E-state index in [1.54, 1.807) is 38.1 Å². The fourth-order valence-electron chi connectivity index (χ4n) is 1.78. The van der Waals surface area contributed by atoms with Crippen LogP contribution < -0.4 is 10.1 Å². The van der Waals surface area contributed by atoms with Crippen LogP contribution >= 0.6 is 11.6 Å². The molecule has 0 fully saturated rings. The Labute approximate surface area is 140 Å². The van der Waals surface area contributed by atoms with Gasteiger partial charge in [0.1, 0.15) is 5.75 Å². The van der Waals surface area contributed by atoms with Crippen LogP contribution in [-0.4, -0.2) is 31.7 Å². The largest absolute Gasteiger partial charge is 0.478 e. The number of carbonyl (C=O) groups is 1. The van der Waals surface area contributed by atoms with E-state index in [0.717, 1.165) is 12.8 Å². The molecule has 2 aromatic rings. The summed E-state index contributed by atoms with van der Waals surface area (Å²) in [6.07, 6.45) is 1.99. The number of anilines is 1. The summed E-state index contributed by atoms with van der Waals surface area (Å²) >= 11 is 5.83. The highest BCUT2D eigenvalue weighted by atomic mass is 35.5. The maximum Gasteiger partial charge on any atom is 0.270 e. The Kier molecular flexibility index (Phi) is 5.54. The summed E-state index contributed by atoms with van der Waals surface area (Å²) in [6, 6.07) is 6.81. The second-order valence-corrected chi connectivity index (χ2v) is 6.02. The Balaban J connectivity index is 1.97. The number of ether oxygens (including phenoxy) is 1. The summed E-state index contributed by atoms with van der Waals surface area (Å²) in [6.45, 7) is 6.08. The number of nitrogens with zero attached hydrogens (tertiary/aromatic N) is 4. The van der Waals surface area contributed by atoms with E-state index in [1.807, 2.05) is 0 Å². The molecule has 1 aromatic carbocycles. The van der Waals surface area contributed by atoms with E-state index >= 15 is 0 Å². The van der Waals surface area contributed by atoms with Crippen molar-refractivity contribution < 1.29 is 9.53 Å². The summed E-state index contributed by atoms with van der Waals surface area (Å²) in [5, 5.41) is 15.0. The second-order valence-electron chi connectivity index (χ2n) is 5.58. The van der Waals surface area contributed by atoms with E-state index in [1.165, 1.54) is 4.80 Å². The number of amides is 1. The van der Waals surface area contributed by atoms with Crippen LogP contribution in [0.4, 0.5) is 5.95 Å². The van der Waals surface area contributed by atoms with Crippen molar-refractivity contribution >= 4 is 23.5 Å². The minimum atomic E-state index is -1.09. The van der Waals surface area contributed by atoms with Crippen LogP contribution in [0.3, 0.4) is 0 Å². The lowest BCUT2D eigenvalue weighted by atomic mass is 10.1. The second kappa shape index (κ2) is 7.41. The minimum absolute atomic E-state index is 0.166. The third-order valence-electron chi connectivity index (χ3n) is 3.12. The molecular weight excluding hydrogens is 318 g/mol. The summed E-state index contributed by atoms with van der Waals surface area (Å²) < 4.78 is 5.71. The molecule has 1 amide bonds. The lowest BCUT2D eigenvalue weighted by Crippen LogP contribution is -2.42. The SMILES string of the molecule is CCCCn1nnc(NC(=O)C(C)(C)Oc2ccc(Cl)cc2)n1. The van der Waals surface area contributed by atoms with Crippen LogP contribution in [0.5, 0.6) is 5.75 Å². The first-order valence-electron chi connectivity index (χ1n) is 7.44. The third-order valence-corrected chi connectivity index (χ3v) is 3.38. The Morgan fingerprint density at radius 2 is 2.04 bits per heavy atom. The predicted molar refractivity (Wildman–Crippen MR) is 87.5 cm³/mol. The van der Waals surface area contributed by atoms with Crippen molar-refractivity contribution in [1.29, 1.82) is 0 Å². The molecule has 0 spiro atoms. The molecule has 0 atom stereocenters.